The minimum Gasteiger partial charge on any atom is -0.343 e. The van der Waals surface area contributed by atoms with Crippen molar-refractivity contribution in [2.45, 2.75) is 59.9 Å². The van der Waals surface area contributed by atoms with Gasteiger partial charge in [0.25, 0.3) is 0 Å². The predicted octanol–water partition coefficient (Wildman–Crippen LogP) is 5.70. The maximum Gasteiger partial charge on any atom is 0.0486 e. The van der Waals surface area contributed by atoms with Crippen molar-refractivity contribution in [1.29, 1.82) is 0 Å². The quantitative estimate of drug-likeness (QED) is 0.634. The largest absolute Gasteiger partial charge is 0.343 e. The van der Waals surface area contributed by atoms with E-state index in [0.29, 0.717) is 5.92 Å². The summed E-state index contributed by atoms with van der Waals surface area (Å²) in [4.78, 5) is 0. The summed E-state index contributed by atoms with van der Waals surface area (Å²) < 4.78 is 2.50. The number of para-hydroxylation sites is 1. The van der Waals surface area contributed by atoms with Gasteiger partial charge in [0.15, 0.2) is 0 Å². The lowest BCUT2D eigenvalue weighted by Crippen LogP contribution is -2.26. The number of fused-ring (bicyclic) bond motifs is 1. The van der Waals surface area contributed by atoms with Crippen molar-refractivity contribution in [3.8, 4) is 0 Å². The molecule has 0 radical (unpaired) electrons. The highest BCUT2D eigenvalue weighted by atomic mass is 15.0. The number of nitrogens with one attached hydrogen (secondary N) is 1. The fourth-order valence-electron chi connectivity index (χ4n) is 4.85. The Bertz CT molecular complexity index is 958. The van der Waals surface area contributed by atoms with Gasteiger partial charge in [-0.05, 0) is 111 Å². The molecule has 0 aliphatic carbocycles. The molecule has 0 atom stereocenters. The van der Waals surface area contributed by atoms with Crippen LogP contribution in [0.2, 0.25) is 0 Å². The molecule has 2 heterocycles. The van der Waals surface area contributed by atoms with E-state index in [4.69, 9.17) is 0 Å². The lowest BCUT2D eigenvalue weighted by Gasteiger charge is -2.22. The smallest absolute Gasteiger partial charge is 0.0486 e. The fourth-order valence-corrected chi connectivity index (χ4v) is 4.85. The third-order valence-corrected chi connectivity index (χ3v) is 7.08. The first-order chi connectivity index (χ1) is 13.0. The second kappa shape index (κ2) is 7.16. The third-order valence-electron chi connectivity index (χ3n) is 7.08. The van der Waals surface area contributed by atoms with Crippen LogP contribution in [-0.2, 0) is 6.54 Å². The Morgan fingerprint density at radius 3 is 2.11 bits per heavy atom. The normalized spacial score (nSPS) is 15.6. The molecule has 0 bridgehead atoms. The monoisotopic (exact) mass is 360 g/mol. The Labute approximate surface area is 163 Å². The van der Waals surface area contributed by atoms with E-state index in [0.717, 1.165) is 19.6 Å². The Kier molecular flexibility index (Phi) is 4.86. The van der Waals surface area contributed by atoms with E-state index < -0.39 is 0 Å². The van der Waals surface area contributed by atoms with Gasteiger partial charge in [-0.25, -0.2) is 0 Å². The summed E-state index contributed by atoms with van der Waals surface area (Å²) in [6.45, 7) is 14.6. The van der Waals surface area contributed by atoms with Crippen LogP contribution in [0.1, 0.15) is 57.7 Å². The summed E-state index contributed by atoms with van der Waals surface area (Å²) in [5.74, 6) is 0.682. The van der Waals surface area contributed by atoms with Crippen molar-refractivity contribution in [2.75, 3.05) is 13.1 Å². The van der Waals surface area contributed by atoms with Crippen LogP contribution in [-0.4, -0.2) is 17.7 Å². The van der Waals surface area contributed by atoms with Crippen LogP contribution in [0.15, 0.2) is 30.5 Å². The van der Waals surface area contributed by atoms with Crippen LogP contribution in [0.25, 0.3) is 10.9 Å². The average Bonchev–Trinajstić information content (AvgIpc) is 3.07. The topological polar surface area (TPSA) is 17.0 Å². The molecule has 0 amide bonds. The average molecular weight is 361 g/mol. The molecule has 4 rings (SSSR count). The van der Waals surface area contributed by atoms with Crippen LogP contribution in [0.4, 0.5) is 0 Å². The summed E-state index contributed by atoms with van der Waals surface area (Å²) in [6, 6.07) is 8.97. The lowest BCUT2D eigenvalue weighted by molar-refractivity contribution is 0.461. The first-order valence-electron chi connectivity index (χ1n) is 10.3. The molecule has 1 aliphatic rings. The van der Waals surface area contributed by atoms with Gasteiger partial charge >= 0.3 is 0 Å². The minimum absolute atomic E-state index is 0.682. The number of hydrogen-bond donors (Lipinski definition) is 1. The number of rotatable bonds is 3. The van der Waals surface area contributed by atoms with Crippen LogP contribution in [0, 0.1) is 34.6 Å². The molecule has 1 N–H and O–H groups in total. The van der Waals surface area contributed by atoms with Crippen LogP contribution < -0.4 is 5.32 Å². The van der Waals surface area contributed by atoms with Crippen molar-refractivity contribution >= 4 is 10.9 Å². The van der Waals surface area contributed by atoms with Crippen molar-refractivity contribution < 1.29 is 0 Å². The molecule has 1 saturated heterocycles. The highest BCUT2D eigenvalue weighted by Gasteiger charge is 2.21. The summed E-state index contributed by atoms with van der Waals surface area (Å²) in [7, 11) is 0. The zero-order chi connectivity index (χ0) is 19.1. The van der Waals surface area contributed by atoms with E-state index in [1.807, 2.05) is 0 Å². The summed E-state index contributed by atoms with van der Waals surface area (Å²) in [6.07, 6.45) is 4.94. The Hall–Kier alpha value is -2.06. The first-order valence-corrected chi connectivity index (χ1v) is 10.3. The summed E-state index contributed by atoms with van der Waals surface area (Å²) in [5.41, 5.74) is 11.7. The Balaban J connectivity index is 1.82. The van der Waals surface area contributed by atoms with E-state index in [-0.39, 0.29) is 0 Å². The number of nitrogens with zero attached hydrogens (tertiary/aromatic N) is 1. The van der Waals surface area contributed by atoms with Gasteiger partial charge in [-0.3, -0.25) is 0 Å². The molecule has 1 aliphatic heterocycles. The van der Waals surface area contributed by atoms with E-state index >= 15 is 0 Å². The SMILES string of the molecule is Cc1c(C)c(C)c(Cn2cc(C3CCNCC3)c3ccccc32)c(C)c1C. The van der Waals surface area contributed by atoms with E-state index in [1.165, 1.54) is 57.1 Å². The zero-order valence-corrected chi connectivity index (χ0v) is 17.4. The van der Waals surface area contributed by atoms with Gasteiger partial charge in [-0.1, -0.05) is 18.2 Å². The first kappa shape index (κ1) is 18.3. The van der Waals surface area contributed by atoms with Gasteiger partial charge in [0.05, 0.1) is 0 Å². The second-order valence-electron chi connectivity index (χ2n) is 8.36. The van der Waals surface area contributed by atoms with Crippen molar-refractivity contribution in [1.82, 2.24) is 9.88 Å². The van der Waals surface area contributed by atoms with Crippen molar-refractivity contribution in [3.05, 3.63) is 69.4 Å². The number of piperidine rings is 1. The van der Waals surface area contributed by atoms with Crippen LogP contribution >= 0.6 is 0 Å². The van der Waals surface area contributed by atoms with Gasteiger partial charge in [0.1, 0.15) is 0 Å². The molecule has 2 nitrogen and oxygen atoms in total. The molecule has 27 heavy (non-hydrogen) atoms. The summed E-state index contributed by atoms with van der Waals surface area (Å²) >= 11 is 0. The molecular weight excluding hydrogens is 328 g/mol. The molecule has 142 valence electrons. The van der Waals surface area contributed by atoms with Gasteiger partial charge in [-0.2, -0.15) is 0 Å². The third kappa shape index (κ3) is 3.10. The Morgan fingerprint density at radius 1 is 0.852 bits per heavy atom. The number of benzene rings is 2. The molecule has 0 spiro atoms. The Morgan fingerprint density at radius 2 is 1.44 bits per heavy atom. The van der Waals surface area contributed by atoms with Crippen molar-refractivity contribution in [2.24, 2.45) is 0 Å². The molecule has 2 heteroatoms. The maximum atomic E-state index is 3.51. The zero-order valence-electron chi connectivity index (χ0n) is 17.4. The molecule has 1 fully saturated rings. The maximum absolute atomic E-state index is 3.51. The van der Waals surface area contributed by atoms with Gasteiger partial charge in [-0.15, -0.1) is 0 Å². The molecule has 1 aromatic heterocycles. The van der Waals surface area contributed by atoms with Gasteiger partial charge < -0.3 is 9.88 Å². The number of hydrogen-bond acceptors (Lipinski definition) is 1. The number of aromatic nitrogens is 1. The molecular formula is C25H32N2. The molecule has 2 aromatic carbocycles. The van der Waals surface area contributed by atoms with Gasteiger partial charge in [0, 0.05) is 23.6 Å². The van der Waals surface area contributed by atoms with E-state index in [1.54, 1.807) is 5.56 Å². The molecule has 0 saturated carbocycles. The predicted molar refractivity (Wildman–Crippen MR) is 116 cm³/mol. The van der Waals surface area contributed by atoms with Crippen LogP contribution in [0.5, 0.6) is 0 Å². The van der Waals surface area contributed by atoms with Crippen molar-refractivity contribution in [3.63, 3.8) is 0 Å². The molecule has 3 aromatic rings. The lowest BCUT2D eigenvalue weighted by atomic mass is 9.89. The van der Waals surface area contributed by atoms with Crippen LogP contribution in [0.3, 0.4) is 0 Å². The van der Waals surface area contributed by atoms with E-state index in [9.17, 15) is 0 Å². The van der Waals surface area contributed by atoms with Gasteiger partial charge in [0.2, 0.25) is 0 Å². The minimum atomic E-state index is 0.682. The second-order valence-corrected chi connectivity index (χ2v) is 8.36. The standard InChI is InChI=1S/C25H32N2/c1-16-17(2)19(4)23(20(5)18(16)3)14-27-15-24(21-10-12-26-13-11-21)22-8-6-7-9-25(22)27/h6-9,15,21,26H,10-14H2,1-5H3. The fraction of sp³-hybridized carbons (Fsp3) is 0.440. The highest BCUT2D eigenvalue weighted by Crippen LogP contribution is 2.34. The summed E-state index contributed by atoms with van der Waals surface area (Å²) in [5, 5.41) is 4.95. The van der Waals surface area contributed by atoms with E-state index in [2.05, 4.69) is 75.0 Å². The highest BCUT2D eigenvalue weighted by molar-refractivity contribution is 5.84. The molecule has 0 unspecified atom stereocenters.